The molecule has 0 spiro atoms. The molecule has 0 aliphatic carbocycles. The average molecular weight is 346 g/mol. The lowest BCUT2D eigenvalue weighted by atomic mass is 9.99. The fourth-order valence-electron chi connectivity index (χ4n) is 3.02. The number of benzene rings is 1. The third kappa shape index (κ3) is 3.67. The highest BCUT2D eigenvalue weighted by Crippen LogP contribution is 2.31. The number of rotatable bonds is 6. The largest absolute Gasteiger partial charge is 0.491 e. The van der Waals surface area contributed by atoms with Crippen molar-refractivity contribution in [3.63, 3.8) is 0 Å². The van der Waals surface area contributed by atoms with E-state index in [1.165, 1.54) is 0 Å². The maximum Gasteiger partial charge on any atom is 0.258 e. The highest BCUT2D eigenvalue weighted by Gasteiger charge is 2.46. The topological polar surface area (TPSA) is 60.5 Å². The van der Waals surface area contributed by atoms with Gasteiger partial charge in [-0.3, -0.25) is 4.79 Å². The Labute approximate surface area is 146 Å². The first-order chi connectivity index (χ1) is 11.9. The second kappa shape index (κ2) is 6.86. The number of nitrogens with one attached hydrogen (secondary N) is 1. The molecule has 1 aliphatic rings. The van der Waals surface area contributed by atoms with Crippen LogP contribution in [0, 0.1) is 0 Å². The molecule has 134 valence electrons. The van der Waals surface area contributed by atoms with Gasteiger partial charge in [0.2, 0.25) is 5.88 Å². The van der Waals surface area contributed by atoms with Crippen LogP contribution in [0.4, 0.5) is 4.39 Å². The van der Waals surface area contributed by atoms with Crippen molar-refractivity contribution in [2.45, 2.75) is 51.4 Å². The van der Waals surface area contributed by atoms with Crippen LogP contribution in [0.5, 0.6) is 11.6 Å². The summed E-state index contributed by atoms with van der Waals surface area (Å²) in [6.45, 7) is 5.78. The van der Waals surface area contributed by atoms with Crippen molar-refractivity contribution < 1.29 is 18.7 Å². The van der Waals surface area contributed by atoms with E-state index in [9.17, 15) is 9.18 Å². The van der Waals surface area contributed by atoms with Gasteiger partial charge in [-0.1, -0.05) is 13.0 Å². The molecule has 0 bridgehead atoms. The lowest BCUT2D eigenvalue weighted by Crippen LogP contribution is -2.34. The third-order valence-corrected chi connectivity index (χ3v) is 4.37. The van der Waals surface area contributed by atoms with Crippen molar-refractivity contribution in [1.82, 2.24) is 10.3 Å². The molecule has 1 aromatic heterocycles. The molecule has 1 saturated heterocycles. The van der Waals surface area contributed by atoms with E-state index in [4.69, 9.17) is 9.47 Å². The van der Waals surface area contributed by atoms with Crippen molar-refractivity contribution >= 4 is 16.7 Å². The summed E-state index contributed by atoms with van der Waals surface area (Å²) in [6.07, 6.45) is 2.02. The van der Waals surface area contributed by atoms with E-state index in [2.05, 4.69) is 10.3 Å². The van der Waals surface area contributed by atoms with Crippen LogP contribution in [0.3, 0.4) is 0 Å². The predicted octanol–water partition coefficient (Wildman–Crippen LogP) is 3.41. The molecule has 1 fully saturated rings. The quantitative estimate of drug-likeness (QED) is 0.871. The fourth-order valence-corrected chi connectivity index (χ4v) is 3.02. The smallest absolute Gasteiger partial charge is 0.258 e. The number of ether oxygens (including phenoxy) is 2. The van der Waals surface area contributed by atoms with Gasteiger partial charge in [-0.2, -0.15) is 0 Å². The van der Waals surface area contributed by atoms with E-state index in [0.717, 1.165) is 16.5 Å². The van der Waals surface area contributed by atoms with Gasteiger partial charge in [-0.05, 0) is 43.9 Å². The SMILES string of the molecule is CC[C@@]1(F)C[C@@H](COc2nccc3ccc(OC(C)C)cc23)NC1=O. The van der Waals surface area contributed by atoms with E-state index in [0.29, 0.717) is 5.88 Å². The van der Waals surface area contributed by atoms with Crippen LogP contribution in [-0.2, 0) is 4.79 Å². The first-order valence-electron chi connectivity index (χ1n) is 8.59. The molecule has 25 heavy (non-hydrogen) atoms. The second-order valence-corrected chi connectivity index (χ2v) is 6.67. The zero-order valence-electron chi connectivity index (χ0n) is 14.7. The maximum atomic E-state index is 14.3. The van der Waals surface area contributed by atoms with Crippen molar-refractivity contribution in [2.24, 2.45) is 0 Å². The van der Waals surface area contributed by atoms with Crippen LogP contribution >= 0.6 is 0 Å². The first-order valence-corrected chi connectivity index (χ1v) is 8.59. The maximum absolute atomic E-state index is 14.3. The monoisotopic (exact) mass is 346 g/mol. The molecule has 1 aromatic carbocycles. The zero-order valence-corrected chi connectivity index (χ0v) is 14.7. The van der Waals surface area contributed by atoms with Crippen molar-refractivity contribution in [2.75, 3.05) is 6.61 Å². The predicted molar refractivity (Wildman–Crippen MR) is 93.7 cm³/mol. The van der Waals surface area contributed by atoms with Crippen molar-refractivity contribution in [3.8, 4) is 11.6 Å². The number of carbonyl (C=O) groups excluding carboxylic acids is 1. The minimum absolute atomic E-state index is 0.0684. The molecule has 1 aliphatic heterocycles. The molecular weight excluding hydrogens is 323 g/mol. The molecule has 1 amide bonds. The number of pyridine rings is 1. The summed E-state index contributed by atoms with van der Waals surface area (Å²) in [5.74, 6) is 0.638. The van der Waals surface area contributed by atoms with E-state index in [1.54, 1.807) is 13.1 Å². The Morgan fingerprint density at radius 1 is 1.40 bits per heavy atom. The van der Waals surface area contributed by atoms with Gasteiger partial charge >= 0.3 is 0 Å². The van der Waals surface area contributed by atoms with E-state index >= 15 is 0 Å². The number of halogens is 1. The molecule has 5 nitrogen and oxygen atoms in total. The average Bonchev–Trinajstić information content (AvgIpc) is 2.87. The molecule has 2 aromatic rings. The normalized spacial score (nSPS) is 23.1. The number of alkyl halides is 1. The lowest BCUT2D eigenvalue weighted by molar-refractivity contribution is -0.129. The number of amides is 1. The van der Waals surface area contributed by atoms with Crippen LogP contribution in [0.15, 0.2) is 30.5 Å². The van der Waals surface area contributed by atoms with Gasteiger partial charge in [-0.25, -0.2) is 9.37 Å². The summed E-state index contributed by atoms with van der Waals surface area (Å²) in [4.78, 5) is 16.0. The molecule has 6 heteroatoms. The Balaban J connectivity index is 1.76. The molecule has 1 N–H and O–H groups in total. The standard InChI is InChI=1S/C19H23FN2O3/c1-4-19(20)10-14(22-18(19)23)11-24-17-16-9-15(25-12(2)3)6-5-13(16)7-8-21-17/h5-9,12,14H,4,10-11H2,1-3H3,(H,22,23)/t14-,19+/m0/s1. The Morgan fingerprint density at radius 3 is 2.88 bits per heavy atom. The minimum atomic E-state index is -1.79. The Bertz CT molecular complexity index is 780. The highest BCUT2D eigenvalue weighted by molar-refractivity contribution is 5.88. The van der Waals surface area contributed by atoms with Gasteiger partial charge in [0.25, 0.3) is 5.91 Å². The molecule has 2 heterocycles. The van der Waals surface area contributed by atoms with Crippen LogP contribution in [0.1, 0.15) is 33.6 Å². The summed E-state index contributed by atoms with van der Waals surface area (Å²) in [7, 11) is 0. The number of carbonyl (C=O) groups is 1. The Morgan fingerprint density at radius 2 is 2.20 bits per heavy atom. The Hall–Kier alpha value is -2.37. The molecule has 2 atom stereocenters. The van der Waals surface area contributed by atoms with Crippen LogP contribution in [0.25, 0.3) is 10.8 Å². The third-order valence-electron chi connectivity index (χ3n) is 4.37. The zero-order chi connectivity index (χ0) is 18.0. The van der Waals surface area contributed by atoms with Gasteiger partial charge < -0.3 is 14.8 Å². The van der Waals surface area contributed by atoms with Gasteiger partial charge in [0.15, 0.2) is 5.67 Å². The van der Waals surface area contributed by atoms with Crippen molar-refractivity contribution in [1.29, 1.82) is 0 Å². The van der Waals surface area contributed by atoms with E-state index in [1.807, 2.05) is 38.1 Å². The van der Waals surface area contributed by atoms with Crippen molar-refractivity contribution in [3.05, 3.63) is 30.5 Å². The molecule has 0 unspecified atom stereocenters. The van der Waals surface area contributed by atoms with E-state index in [-0.39, 0.29) is 31.6 Å². The number of aromatic nitrogens is 1. The molecule has 0 saturated carbocycles. The summed E-state index contributed by atoms with van der Waals surface area (Å²) in [5.41, 5.74) is -1.79. The second-order valence-electron chi connectivity index (χ2n) is 6.67. The molecule has 0 radical (unpaired) electrons. The minimum Gasteiger partial charge on any atom is -0.491 e. The van der Waals surface area contributed by atoms with Gasteiger partial charge in [0.05, 0.1) is 12.1 Å². The molecule has 3 rings (SSSR count). The number of nitrogens with zero attached hydrogens (tertiary/aromatic N) is 1. The fraction of sp³-hybridized carbons (Fsp3) is 0.474. The van der Waals surface area contributed by atoms with Gasteiger partial charge in [0, 0.05) is 18.0 Å². The molecular formula is C19H23FN2O3. The highest BCUT2D eigenvalue weighted by atomic mass is 19.1. The van der Waals surface area contributed by atoms with E-state index < -0.39 is 11.6 Å². The lowest BCUT2D eigenvalue weighted by Gasteiger charge is -2.15. The number of hydrogen-bond acceptors (Lipinski definition) is 4. The summed E-state index contributed by atoms with van der Waals surface area (Å²) in [6, 6.07) is 7.27. The number of hydrogen-bond donors (Lipinski definition) is 1. The summed E-state index contributed by atoms with van der Waals surface area (Å²) in [5, 5.41) is 4.46. The summed E-state index contributed by atoms with van der Waals surface area (Å²) < 4.78 is 25.9. The Kier molecular flexibility index (Phi) is 4.79. The first kappa shape index (κ1) is 17.5. The van der Waals surface area contributed by atoms with Gasteiger partial charge in [-0.15, -0.1) is 0 Å². The van der Waals surface area contributed by atoms with Crippen LogP contribution < -0.4 is 14.8 Å². The van der Waals surface area contributed by atoms with Crippen LogP contribution in [-0.4, -0.2) is 35.3 Å². The van der Waals surface area contributed by atoms with Gasteiger partial charge in [0.1, 0.15) is 12.4 Å². The van der Waals surface area contributed by atoms with Crippen LogP contribution in [0.2, 0.25) is 0 Å². The number of fused-ring (bicyclic) bond motifs is 1. The summed E-state index contributed by atoms with van der Waals surface area (Å²) >= 11 is 0.